The van der Waals surface area contributed by atoms with E-state index in [0.29, 0.717) is 32.2 Å². The summed E-state index contributed by atoms with van der Waals surface area (Å²) in [7, 11) is 1.65. The van der Waals surface area contributed by atoms with Crippen LogP contribution in [-0.4, -0.2) is 39.3 Å². The molecule has 0 radical (unpaired) electrons. The minimum atomic E-state index is 0.552. The van der Waals surface area contributed by atoms with Gasteiger partial charge in [0.1, 0.15) is 5.84 Å². The van der Waals surface area contributed by atoms with E-state index < -0.39 is 0 Å². The molecule has 0 bridgehead atoms. The molecule has 1 aromatic carbocycles. The smallest absolute Gasteiger partial charge is 0.125 e. The second-order valence-corrected chi connectivity index (χ2v) is 3.24. The van der Waals surface area contributed by atoms with E-state index in [2.05, 4.69) is 4.99 Å². The van der Waals surface area contributed by atoms with Crippen LogP contribution in [0.25, 0.3) is 0 Å². The molecule has 0 unspecified atom stereocenters. The summed E-state index contributed by atoms with van der Waals surface area (Å²) in [5, 5.41) is 0. The molecule has 0 fully saturated rings. The number of ether oxygens (including phenoxy) is 2. The average molecular weight is 222 g/mol. The van der Waals surface area contributed by atoms with Crippen LogP contribution >= 0.6 is 0 Å². The number of benzene rings is 1. The molecule has 0 saturated heterocycles. The topological polar surface area (TPSA) is 56.8 Å². The first-order valence-corrected chi connectivity index (χ1v) is 5.26. The number of aliphatic imine (C=N–C) groups is 1. The second-order valence-electron chi connectivity index (χ2n) is 3.24. The summed E-state index contributed by atoms with van der Waals surface area (Å²) in [6, 6.07) is 9.69. The predicted octanol–water partition coefficient (Wildman–Crippen LogP) is 1.05. The van der Waals surface area contributed by atoms with Crippen LogP contribution in [0.3, 0.4) is 0 Å². The molecule has 4 nitrogen and oxygen atoms in total. The Morgan fingerprint density at radius 2 is 1.94 bits per heavy atom. The lowest BCUT2D eigenvalue weighted by Crippen LogP contribution is -2.15. The second kappa shape index (κ2) is 7.84. The van der Waals surface area contributed by atoms with Crippen LogP contribution in [0.15, 0.2) is 35.3 Å². The summed E-state index contributed by atoms with van der Waals surface area (Å²) in [6.45, 7) is 2.34. The molecular weight excluding hydrogens is 204 g/mol. The van der Waals surface area contributed by atoms with Gasteiger partial charge in [0.05, 0.1) is 26.4 Å². The van der Waals surface area contributed by atoms with Crippen LogP contribution in [0.1, 0.15) is 5.56 Å². The summed E-state index contributed by atoms with van der Waals surface area (Å²) in [6.07, 6.45) is 0. The number of hydrogen-bond donors (Lipinski definition) is 1. The van der Waals surface area contributed by atoms with Crippen molar-refractivity contribution in [2.75, 3.05) is 33.5 Å². The quantitative estimate of drug-likeness (QED) is 0.426. The van der Waals surface area contributed by atoms with Gasteiger partial charge < -0.3 is 15.2 Å². The first kappa shape index (κ1) is 12.7. The van der Waals surface area contributed by atoms with E-state index in [1.54, 1.807) is 7.11 Å². The van der Waals surface area contributed by atoms with Crippen LogP contribution in [0.5, 0.6) is 0 Å². The van der Waals surface area contributed by atoms with Crippen LogP contribution in [-0.2, 0) is 9.47 Å². The van der Waals surface area contributed by atoms with Crippen LogP contribution in [0.4, 0.5) is 0 Å². The zero-order valence-electron chi connectivity index (χ0n) is 9.56. The number of rotatable bonds is 7. The lowest BCUT2D eigenvalue weighted by molar-refractivity contribution is 0.0748. The average Bonchev–Trinajstić information content (AvgIpc) is 2.34. The Hall–Kier alpha value is -1.39. The first-order valence-electron chi connectivity index (χ1n) is 5.26. The van der Waals surface area contributed by atoms with Crippen molar-refractivity contribution >= 4 is 5.84 Å². The van der Waals surface area contributed by atoms with Crippen molar-refractivity contribution in [2.45, 2.75) is 0 Å². The monoisotopic (exact) mass is 222 g/mol. The van der Waals surface area contributed by atoms with Crippen molar-refractivity contribution in [3.63, 3.8) is 0 Å². The Balaban J connectivity index is 2.24. The molecule has 0 saturated carbocycles. The molecule has 0 heterocycles. The minimum Gasteiger partial charge on any atom is -0.384 e. The minimum absolute atomic E-state index is 0.552. The normalized spacial score (nSPS) is 11.7. The zero-order valence-corrected chi connectivity index (χ0v) is 9.56. The molecule has 0 aliphatic heterocycles. The Bertz CT molecular complexity index is 312. The molecule has 1 aromatic rings. The van der Waals surface area contributed by atoms with Crippen molar-refractivity contribution in [1.29, 1.82) is 0 Å². The SMILES string of the molecule is COCCOCCN=C(N)c1ccccc1. The van der Waals surface area contributed by atoms with Gasteiger partial charge in [0.15, 0.2) is 0 Å². The number of nitrogens with zero attached hydrogens (tertiary/aromatic N) is 1. The number of nitrogens with two attached hydrogens (primary N) is 1. The van der Waals surface area contributed by atoms with Crippen molar-refractivity contribution in [3.05, 3.63) is 35.9 Å². The number of hydrogen-bond acceptors (Lipinski definition) is 3. The largest absolute Gasteiger partial charge is 0.384 e. The van der Waals surface area contributed by atoms with Crippen LogP contribution in [0.2, 0.25) is 0 Å². The van der Waals surface area contributed by atoms with Gasteiger partial charge in [0.25, 0.3) is 0 Å². The molecule has 16 heavy (non-hydrogen) atoms. The highest BCUT2D eigenvalue weighted by atomic mass is 16.5. The van der Waals surface area contributed by atoms with E-state index in [1.165, 1.54) is 0 Å². The molecule has 2 N–H and O–H groups in total. The van der Waals surface area contributed by atoms with E-state index in [4.69, 9.17) is 15.2 Å². The molecule has 4 heteroatoms. The van der Waals surface area contributed by atoms with Gasteiger partial charge in [-0.25, -0.2) is 0 Å². The molecule has 0 aromatic heterocycles. The fraction of sp³-hybridized carbons (Fsp3) is 0.417. The standard InChI is InChI=1S/C12H18N2O2/c1-15-9-10-16-8-7-14-12(13)11-5-3-2-4-6-11/h2-6H,7-10H2,1H3,(H2,13,14). The molecule has 0 spiro atoms. The highest BCUT2D eigenvalue weighted by Gasteiger charge is 1.95. The lowest BCUT2D eigenvalue weighted by atomic mass is 10.2. The van der Waals surface area contributed by atoms with Crippen molar-refractivity contribution in [3.8, 4) is 0 Å². The number of amidine groups is 1. The van der Waals surface area contributed by atoms with Crippen LogP contribution < -0.4 is 5.73 Å². The molecule has 88 valence electrons. The summed E-state index contributed by atoms with van der Waals surface area (Å²) in [5.41, 5.74) is 6.75. The summed E-state index contributed by atoms with van der Waals surface area (Å²) in [5.74, 6) is 0.552. The molecule has 0 amide bonds. The first-order chi connectivity index (χ1) is 7.84. The Labute approximate surface area is 96.1 Å². The Morgan fingerprint density at radius 3 is 2.62 bits per heavy atom. The van der Waals surface area contributed by atoms with Crippen LogP contribution in [0, 0.1) is 0 Å². The summed E-state index contributed by atoms with van der Waals surface area (Å²) in [4.78, 5) is 4.22. The predicted molar refractivity (Wildman–Crippen MR) is 64.7 cm³/mol. The van der Waals surface area contributed by atoms with Gasteiger partial charge in [-0.15, -0.1) is 0 Å². The van der Waals surface area contributed by atoms with Gasteiger partial charge in [-0.1, -0.05) is 30.3 Å². The maximum absolute atomic E-state index is 5.81. The van der Waals surface area contributed by atoms with Gasteiger partial charge in [0, 0.05) is 12.7 Å². The third-order valence-corrected chi connectivity index (χ3v) is 2.02. The maximum Gasteiger partial charge on any atom is 0.125 e. The van der Waals surface area contributed by atoms with E-state index in [1.807, 2.05) is 30.3 Å². The lowest BCUT2D eigenvalue weighted by Gasteiger charge is -2.02. The Kier molecular flexibility index (Phi) is 6.22. The number of methoxy groups -OCH3 is 1. The highest BCUT2D eigenvalue weighted by molar-refractivity contribution is 5.97. The fourth-order valence-electron chi connectivity index (χ4n) is 1.18. The van der Waals surface area contributed by atoms with Crippen molar-refractivity contribution in [1.82, 2.24) is 0 Å². The molecular formula is C12H18N2O2. The van der Waals surface area contributed by atoms with Gasteiger partial charge in [-0.2, -0.15) is 0 Å². The molecule has 0 atom stereocenters. The van der Waals surface area contributed by atoms with Gasteiger partial charge >= 0.3 is 0 Å². The fourth-order valence-corrected chi connectivity index (χ4v) is 1.18. The zero-order chi connectivity index (χ0) is 11.6. The van der Waals surface area contributed by atoms with E-state index >= 15 is 0 Å². The summed E-state index contributed by atoms with van der Waals surface area (Å²) < 4.78 is 10.1. The van der Waals surface area contributed by atoms with E-state index in [0.717, 1.165) is 5.56 Å². The Morgan fingerprint density at radius 1 is 1.19 bits per heavy atom. The van der Waals surface area contributed by atoms with Crippen molar-refractivity contribution in [2.24, 2.45) is 10.7 Å². The molecule has 1 rings (SSSR count). The third kappa shape index (κ3) is 4.91. The van der Waals surface area contributed by atoms with Gasteiger partial charge in [-0.05, 0) is 0 Å². The third-order valence-electron chi connectivity index (χ3n) is 2.02. The maximum atomic E-state index is 5.81. The van der Waals surface area contributed by atoms with Gasteiger partial charge in [-0.3, -0.25) is 4.99 Å². The highest BCUT2D eigenvalue weighted by Crippen LogP contribution is 1.97. The van der Waals surface area contributed by atoms with E-state index in [-0.39, 0.29) is 0 Å². The summed E-state index contributed by atoms with van der Waals surface area (Å²) >= 11 is 0. The van der Waals surface area contributed by atoms with Crippen molar-refractivity contribution < 1.29 is 9.47 Å². The molecule has 0 aliphatic rings. The van der Waals surface area contributed by atoms with Gasteiger partial charge in [0.2, 0.25) is 0 Å². The van der Waals surface area contributed by atoms with E-state index in [9.17, 15) is 0 Å². The molecule has 0 aliphatic carbocycles.